The molecule has 0 spiro atoms. The highest BCUT2D eigenvalue weighted by atomic mass is 16.2. The van der Waals surface area contributed by atoms with Crippen LogP contribution in [0.3, 0.4) is 0 Å². The maximum absolute atomic E-state index is 12.2. The van der Waals surface area contributed by atoms with Gasteiger partial charge in [0.15, 0.2) is 5.65 Å². The lowest BCUT2D eigenvalue weighted by Crippen LogP contribution is -2.33. The number of hydrogen-bond acceptors (Lipinski definition) is 7. The highest BCUT2D eigenvalue weighted by molar-refractivity contribution is 6.14. The summed E-state index contributed by atoms with van der Waals surface area (Å²) in [6.07, 6.45) is 9.61. The molecule has 2 aromatic heterocycles. The molecule has 2 saturated carbocycles. The molecule has 30 heavy (non-hydrogen) atoms. The summed E-state index contributed by atoms with van der Waals surface area (Å²) in [4.78, 5) is 29.8. The van der Waals surface area contributed by atoms with Gasteiger partial charge in [0.25, 0.3) is 5.91 Å². The van der Waals surface area contributed by atoms with Crippen molar-refractivity contribution in [1.82, 2.24) is 24.8 Å². The molecule has 5 rings (SSSR count). The van der Waals surface area contributed by atoms with E-state index in [1.807, 2.05) is 6.07 Å². The molecule has 158 valence electrons. The zero-order chi connectivity index (χ0) is 20.8. The molecule has 3 fully saturated rings. The third kappa shape index (κ3) is 3.58. The van der Waals surface area contributed by atoms with E-state index in [1.54, 1.807) is 16.8 Å². The number of nitrogens with zero attached hydrogens (tertiary/aromatic N) is 4. The van der Waals surface area contributed by atoms with Gasteiger partial charge in [0.05, 0.1) is 6.20 Å². The standard InChI is InChI=1S/C20H26N8O2/c1-27-19(29)15(25-20(27)30)8-11-10-22-28-17(24-14-6-7-14)9-16(26-18(11)28)23-13-4-2-12(21)3-5-13/h8-10,12-14,24H,2-7,21H2,1H3,(H,23,26)(H,25,30)/b15-8-/t12-,13-. The predicted octanol–water partition coefficient (Wildman–Crippen LogP) is 1.51. The van der Waals surface area contributed by atoms with Gasteiger partial charge in [-0.1, -0.05) is 0 Å². The number of fused-ring (bicyclic) bond motifs is 1. The van der Waals surface area contributed by atoms with E-state index in [0.717, 1.165) is 55.1 Å². The van der Waals surface area contributed by atoms with E-state index < -0.39 is 6.03 Å². The fourth-order valence-corrected chi connectivity index (χ4v) is 3.95. The van der Waals surface area contributed by atoms with Crippen molar-refractivity contribution in [3.05, 3.63) is 23.5 Å². The smallest absolute Gasteiger partial charge is 0.328 e. The molecule has 1 saturated heterocycles. The third-order valence-electron chi connectivity index (χ3n) is 5.93. The molecule has 2 aromatic rings. The zero-order valence-corrected chi connectivity index (χ0v) is 16.9. The molecule has 3 aliphatic rings. The van der Waals surface area contributed by atoms with Gasteiger partial charge in [-0.05, 0) is 44.6 Å². The Kier molecular flexibility index (Phi) is 4.58. The summed E-state index contributed by atoms with van der Waals surface area (Å²) in [6.45, 7) is 0. The highest BCUT2D eigenvalue weighted by Crippen LogP contribution is 2.29. The number of urea groups is 1. The Bertz CT molecular complexity index is 1030. The Hall–Kier alpha value is -3.14. The Morgan fingerprint density at radius 3 is 2.50 bits per heavy atom. The number of likely N-dealkylation sites (N-methyl/N-ethyl adjacent to an activating group) is 1. The lowest BCUT2D eigenvalue weighted by molar-refractivity contribution is -0.121. The van der Waals surface area contributed by atoms with Crippen molar-refractivity contribution in [3.63, 3.8) is 0 Å². The van der Waals surface area contributed by atoms with Crippen LogP contribution in [0.15, 0.2) is 18.0 Å². The highest BCUT2D eigenvalue weighted by Gasteiger charge is 2.30. The van der Waals surface area contributed by atoms with Gasteiger partial charge in [-0.3, -0.25) is 9.69 Å². The van der Waals surface area contributed by atoms with Crippen molar-refractivity contribution < 1.29 is 9.59 Å². The van der Waals surface area contributed by atoms with Crippen molar-refractivity contribution in [2.75, 3.05) is 17.7 Å². The second-order valence-electron chi connectivity index (χ2n) is 8.39. The topological polar surface area (TPSA) is 130 Å². The van der Waals surface area contributed by atoms with Crippen molar-refractivity contribution in [3.8, 4) is 0 Å². The van der Waals surface area contributed by atoms with E-state index in [0.29, 0.717) is 23.3 Å². The summed E-state index contributed by atoms with van der Waals surface area (Å²) in [5, 5.41) is 14.1. The molecule has 0 radical (unpaired) electrons. The SMILES string of the molecule is CN1C(=O)N/C(=C\c2cnn3c(NC4CC4)cc(N[C@H]4CC[C@H](N)CC4)nc23)C1=O. The average molecular weight is 410 g/mol. The van der Waals surface area contributed by atoms with Gasteiger partial charge in [-0.25, -0.2) is 9.78 Å². The van der Waals surface area contributed by atoms with Crippen LogP contribution >= 0.6 is 0 Å². The van der Waals surface area contributed by atoms with Crippen LogP contribution in [0, 0.1) is 0 Å². The molecular formula is C20H26N8O2. The van der Waals surface area contributed by atoms with Gasteiger partial charge in [0.2, 0.25) is 0 Å². The quantitative estimate of drug-likeness (QED) is 0.434. The summed E-state index contributed by atoms with van der Waals surface area (Å²) in [7, 11) is 1.45. The summed E-state index contributed by atoms with van der Waals surface area (Å²) < 4.78 is 1.75. The number of nitrogens with two attached hydrogens (primary N) is 1. The second kappa shape index (κ2) is 7.28. The first-order valence-electron chi connectivity index (χ1n) is 10.5. The number of carbonyl (C=O) groups is 2. The predicted molar refractivity (Wildman–Crippen MR) is 113 cm³/mol. The molecule has 10 nitrogen and oxygen atoms in total. The Morgan fingerprint density at radius 2 is 1.83 bits per heavy atom. The van der Waals surface area contributed by atoms with Gasteiger partial charge >= 0.3 is 6.03 Å². The molecule has 3 heterocycles. The van der Waals surface area contributed by atoms with Gasteiger partial charge in [0, 0.05) is 36.8 Å². The van der Waals surface area contributed by atoms with Crippen molar-refractivity contribution in [2.24, 2.45) is 5.73 Å². The van der Waals surface area contributed by atoms with E-state index >= 15 is 0 Å². The minimum absolute atomic E-state index is 0.218. The Labute approximate surface area is 173 Å². The molecule has 10 heteroatoms. The van der Waals surface area contributed by atoms with Crippen LogP contribution < -0.4 is 21.7 Å². The molecule has 0 unspecified atom stereocenters. The van der Waals surface area contributed by atoms with Gasteiger partial charge in [-0.2, -0.15) is 9.61 Å². The van der Waals surface area contributed by atoms with E-state index in [1.165, 1.54) is 7.05 Å². The molecule has 0 aromatic carbocycles. The molecule has 3 amide bonds. The Balaban J connectivity index is 1.49. The van der Waals surface area contributed by atoms with Gasteiger partial charge in [-0.15, -0.1) is 0 Å². The van der Waals surface area contributed by atoms with Crippen LogP contribution in [0.1, 0.15) is 44.1 Å². The number of hydrogen-bond donors (Lipinski definition) is 4. The van der Waals surface area contributed by atoms with Gasteiger partial charge in [0.1, 0.15) is 17.3 Å². The molecule has 1 aliphatic heterocycles. The van der Waals surface area contributed by atoms with E-state index in [9.17, 15) is 9.59 Å². The van der Waals surface area contributed by atoms with Crippen molar-refractivity contribution >= 4 is 35.3 Å². The van der Waals surface area contributed by atoms with Crippen LogP contribution in [0.2, 0.25) is 0 Å². The van der Waals surface area contributed by atoms with Crippen LogP contribution in [-0.2, 0) is 4.79 Å². The number of imide groups is 1. The number of amides is 3. The van der Waals surface area contributed by atoms with Crippen LogP contribution in [0.4, 0.5) is 16.4 Å². The Morgan fingerprint density at radius 1 is 1.13 bits per heavy atom. The summed E-state index contributed by atoms with van der Waals surface area (Å²) in [5.41, 5.74) is 7.54. The van der Waals surface area contributed by atoms with Crippen molar-refractivity contribution in [1.29, 1.82) is 0 Å². The molecular weight excluding hydrogens is 384 g/mol. The number of anilines is 2. The number of carbonyl (C=O) groups excluding carboxylic acids is 2. The van der Waals surface area contributed by atoms with E-state index in [-0.39, 0.29) is 17.6 Å². The second-order valence-corrected chi connectivity index (χ2v) is 8.39. The van der Waals surface area contributed by atoms with E-state index in [2.05, 4.69) is 21.0 Å². The fourth-order valence-electron chi connectivity index (χ4n) is 3.95. The summed E-state index contributed by atoms with van der Waals surface area (Å²) in [5.74, 6) is 1.26. The number of nitrogens with one attached hydrogen (secondary N) is 3. The first kappa shape index (κ1) is 18.9. The normalized spacial score (nSPS) is 25.8. The molecule has 0 atom stereocenters. The molecule has 2 aliphatic carbocycles. The average Bonchev–Trinajstić information content (AvgIpc) is 3.41. The first-order valence-corrected chi connectivity index (χ1v) is 10.5. The first-order chi connectivity index (χ1) is 14.5. The van der Waals surface area contributed by atoms with Crippen LogP contribution in [-0.4, -0.2) is 56.6 Å². The zero-order valence-electron chi connectivity index (χ0n) is 16.9. The third-order valence-corrected chi connectivity index (χ3v) is 5.93. The number of rotatable bonds is 5. The monoisotopic (exact) mass is 410 g/mol. The fraction of sp³-hybridized carbons (Fsp3) is 0.500. The largest absolute Gasteiger partial charge is 0.367 e. The maximum atomic E-state index is 12.2. The lowest BCUT2D eigenvalue weighted by Gasteiger charge is -2.27. The summed E-state index contributed by atoms with van der Waals surface area (Å²) in [6, 6.07) is 2.62. The maximum Gasteiger partial charge on any atom is 0.328 e. The summed E-state index contributed by atoms with van der Waals surface area (Å²) >= 11 is 0. The van der Waals surface area contributed by atoms with Crippen LogP contribution in [0.5, 0.6) is 0 Å². The molecule has 0 bridgehead atoms. The van der Waals surface area contributed by atoms with Gasteiger partial charge < -0.3 is 21.7 Å². The number of aromatic nitrogens is 3. The lowest BCUT2D eigenvalue weighted by atomic mass is 9.92. The minimum atomic E-state index is -0.440. The van der Waals surface area contributed by atoms with Crippen molar-refractivity contribution in [2.45, 2.75) is 56.7 Å². The van der Waals surface area contributed by atoms with E-state index in [4.69, 9.17) is 10.7 Å². The van der Waals surface area contributed by atoms with Crippen LogP contribution in [0.25, 0.3) is 11.7 Å². The minimum Gasteiger partial charge on any atom is -0.367 e. The molecule has 5 N–H and O–H groups in total.